The molecule has 1 fully saturated rings. The Morgan fingerprint density at radius 3 is 2.76 bits per heavy atom. The van der Waals surface area contributed by atoms with Crippen molar-refractivity contribution in [1.82, 2.24) is 9.88 Å². The lowest BCUT2D eigenvalue weighted by atomic mass is 9.97. The fourth-order valence-corrected chi connectivity index (χ4v) is 2.89. The monoisotopic (exact) mass is 284 g/mol. The summed E-state index contributed by atoms with van der Waals surface area (Å²) in [4.78, 5) is 18.9. The van der Waals surface area contributed by atoms with Crippen molar-refractivity contribution in [3.05, 3.63) is 42.1 Å². The molecule has 0 saturated carbocycles. The zero-order valence-corrected chi connectivity index (χ0v) is 12.3. The Kier molecular flexibility index (Phi) is 4.15. The zero-order valence-electron chi connectivity index (χ0n) is 12.3. The molecule has 1 aromatic heterocycles. The van der Waals surface area contributed by atoms with Gasteiger partial charge in [-0.1, -0.05) is 24.3 Å². The van der Waals surface area contributed by atoms with Gasteiger partial charge in [0, 0.05) is 32.2 Å². The molecule has 0 unspecified atom stereocenters. The third-order valence-electron chi connectivity index (χ3n) is 4.12. The highest BCUT2D eigenvalue weighted by Crippen LogP contribution is 2.20. The van der Waals surface area contributed by atoms with Gasteiger partial charge < -0.3 is 9.64 Å². The normalized spacial score (nSPS) is 16.3. The highest BCUT2D eigenvalue weighted by molar-refractivity contribution is 5.94. The lowest BCUT2D eigenvalue weighted by Crippen LogP contribution is -2.39. The molecule has 4 heteroatoms. The van der Waals surface area contributed by atoms with Gasteiger partial charge in [0.05, 0.1) is 5.52 Å². The highest BCUT2D eigenvalue weighted by Gasteiger charge is 2.24. The minimum atomic E-state index is 0.0385. The number of nitrogens with zero attached hydrogens (tertiary/aromatic N) is 2. The van der Waals surface area contributed by atoms with E-state index < -0.39 is 0 Å². The standard InChI is InChI=1S/C17H20N2O2/c1-21-12-13-8-10-19(11-9-13)17(20)16-7-6-14-4-2-3-5-15(14)18-16/h2-7,13H,8-12H2,1H3. The first kappa shape index (κ1) is 14.0. The van der Waals surface area contributed by atoms with Gasteiger partial charge in [-0.25, -0.2) is 4.98 Å². The fourth-order valence-electron chi connectivity index (χ4n) is 2.89. The first-order valence-corrected chi connectivity index (χ1v) is 7.42. The van der Waals surface area contributed by atoms with Gasteiger partial charge in [-0.15, -0.1) is 0 Å². The maximum Gasteiger partial charge on any atom is 0.272 e. The number of ether oxygens (including phenoxy) is 1. The summed E-state index contributed by atoms with van der Waals surface area (Å²) in [6.45, 7) is 2.37. The van der Waals surface area contributed by atoms with Gasteiger partial charge in [-0.2, -0.15) is 0 Å². The number of piperidine rings is 1. The van der Waals surface area contributed by atoms with Crippen LogP contribution in [-0.4, -0.2) is 42.6 Å². The van der Waals surface area contributed by atoms with Crippen molar-refractivity contribution in [3.63, 3.8) is 0 Å². The van der Waals surface area contributed by atoms with Gasteiger partial charge in [0.1, 0.15) is 5.69 Å². The van der Waals surface area contributed by atoms with E-state index in [1.165, 1.54) is 0 Å². The molecule has 0 aliphatic carbocycles. The number of amides is 1. The molecule has 4 nitrogen and oxygen atoms in total. The summed E-state index contributed by atoms with van der Waals surface area (Å²) in [7, 11) is 1.73. The van der Waals surface area contributed by atoms with Crippen molar-refractivity contribution in [3.8, 4) is 0 Å². The smallest absolute Gasteiger partial charge is 0.272 e. The number of para-hydroxylation sites is 1. The van der Waals surface area contributed by atoms with Crippen LogP contribution in [0, 0.1) is 5.92 Å². The molecule has 110 valence electrons. The highest BCUT2D eigenvalue weighted by atomic mass is 16.5. The Morgan fingerprint density at radius 1 is 1.24 bits per heavy atom. The number of fused-ring (bicyclic) bond motifs is 1. The molecule has 0 atom stereocenters. The summed E-state index contributed by atoms with van der Waals surface area (Å²) >= 11 is 0. The molecular formula is C17H20N2O2. The molecule has 1 aliphatic rings. The molecule has 1 saturated heterocycles. The number of likely N-dealkylation sites (tertiary alicyclic amines) is 1. The molecule has 2 aromatic rings. The molecule has 2 heterocycles. The Labute approximate surface area is 124 Å². The van der Waals surface area contributed by atoms with Crippen LogP contribution in [0.4, 0.5) is 0 Å². The molecular weight excluding hydrogens is 264 g/mol. The number of carbonyl (C=O) groups excluding carboxylic acids is 1. The number of benzene rings is 1. The van der Waals surface area contributed by atoms with E-state index in [9.17, 15) is 4.79 Å². The van der Waals surface area contributed by atoms with E-state index in [1.54, 1.807) is 7.11 Å². The second kappa shape index (κ2) is 6.22. The summed E-state index contributed by atoms with van der Waals surface area (Å²) in [6, 6.07) is 11.7. The van der Waals surface area contributed by atoms with Crippen molar-refractivity contribution in [1.29, 1.82) is 0 Å². The van der Waals surface area contributed by atoms with Gasteiger partial charge in [0.25, 0.3) is 5.91 Å². The number of methoxy groups -OCH3 is 1. The van der Waals surface area contributed by atoms with E-state index in [2.05, 4.69) is 4.98 Å². The van der Waals surface area contributed by atoms with Crippen LogP contribution >= 0.6 is 0 Å². The van der Waals surface area contributed by atoms with Gasteiger partial charge in [-0.05, 0) is 30.9 Å². The first-order chi connectivity index (χ1) is 10.3. The Balaban J connectivity index is 1.72. The Bertz CT molecular complexity index is 633. The first-order valence-electron chi connectivity index (χ1n) is 7.42. The molecule has 0 N–H and O–H groups in total. The van der Waals surface area contributed by atoms with Crippen molar-refractivity contribution < 1.29 is 9.53 Å². The maximum atomic E-state index is 12.5. The second-order valence-corrected chi connectivity index (χ2v) is 5.58. The molecule has 0 spiro atoms. The third-order valence-corrected chi connectivity index (χ3v) is 4.12. The molecule has 3 rings (SSSR count). The van der Waals surface area contributed by atoms with Crippen LogP contribution < -0.4 is 0 Å². The van der Waals surface area contributed by atoms with Gasteiger partial charge in [-0.3, -0.25) is 4.79 Å². The van der Waals surface area contributed by atoms with E-state index in [4.69, 9.17) is 4.74 Å². The van der Waals surface area contributed by atoms with E-state index in [0.717, 1.165) is 43.4 Å². The summed E-state index contributed by atoms with van der Waals surface area (Å²) < 4.78 is 5.19. The molecule has 1 amide bonds. The zero-order chi connectivity index (χ0) is 14.7. The molecule has 21 heavy (non-hydrogen) atoms. The third kappa shape index (κ3) is 3.05. The van der Waals surface area contributed by atoms with Crippen molar-refractivity contribution in [2.75, 3.05) is 26.8 Å². The number of hydrogen-bond donors (Lipinski definition) is 0. The topological polar surface area (TPSA) is 42.4 Å². The molecule has 0 bridgehead atoms. The van der Waals surface area contributed by atoms with E-state index in [1.807, 2.05) is 41.3 Å². The number of carbonyl (C=O) groups is 1. The average Bonchev–Trinajstić information content (AvgIpc) is 2.55. The predicted octanol–water partition coefficient (Wildman–Crippen LogP) is 2.73. The van der Waals surface area contributed by atoms with Crippen molar-refractivity contribution in [2.24, 2.45) is 5.92 Å². The average molecular weight is 284 g/mol. The van der Waals surface area contributed by atoms with E-state index in [-0.39, 0.29) is 5.91 Å². The van der Waals surface area contributed by atoms with Gasteiger partial charge in [0.2, 0.25) is 0 Å². The van der Waals surface area contributed by atoms with Crippen LogP contribution in [-0.2, 0) is 4.74 Å². The molecule has 0 radical (unpaired) electrons. The SMILES string of the molecule is COCC1CCN(C(=O)c2ccc3ccccc3n2)CC1. The van der Waals surface area contributed by atoms with Crippen LogP contribution in [0.25, 0.3) is 10.9 Å². The van der Waals surface area contributed by atoms with Crippen LogP contribution in [0.5, 0.6) is 0 Å². The quantitative estimate of drug-likeness (QED) is 0.870. The van der Waals surface area contributed by atoms with Gasteiger partial charge in [0.15, 0.2) is 0 Å². The van der Waals surface area contributed by atoms with Gasteiger partial charge >= 0.3 is 0 Å². The van der Waals surface area contributed by atoms with Crippen molar-refractivity contribution >= 4 is 16.8 Å². The minimum Gasteiger partial charge on any atom is -0.384 e. The summed E-state index contributed by atoms with van der Waals surface area (Å²) in [5, 5.41) is 1.06. The van der Waals surface area contributed by atoms with Crippen LogP contribution in [0.1, 0.15) is 23.3 Å². The van der Waals surface area contributed by atoms with Crippen LogP contribution in [0.2, 0.25) is 0 Å². The molecule has 1 aromatic carbocycles. The van der Waals surface area contributed by atoms with Crippen LogP contribution in [0.3, 0.4) is 0 Å². The number of rotatable bonds is 3. The minimum absolute atomic E-state index is 0.0385. The Morgan fingerprint density at radius 2 is 2.00 bits per heavy atom. The lowest BCUT2D eigenvalue weighted by Gasteiger charge is -2.31. The molecule has 1 aliphatic heterocycles. The number of aromatic nitrogens is 1. The largest absolute Gasteiger partial charge is 0.384 e. The summed E-state index contributed by atoms with van der Waals surface area (Å²) in [5.74, 6) is 0.611. The van der Waals surface area contributed by atoms with Crippen molar-refractivity contribution in [2.45, 2.75) is 12.8 Å². The second-order valence-electron chi connectivity index (χ2n) is 5.58. The number of hydrogen-bond acceptors (Lipinski definition) is 3. The fraction of sp³-hybridized carbons (Fsp3) is 0.412. The van der Waals surface area contributed by atoms with E-state index >= 15 is 0 Å². The van der Waals surface area contributed by atoms with Crippen LogP contribution in [0.15, 0.2) is 36.4 Å². The van der Waals surface area contributed by atoms with E-state index in [0.29, 0.717) is 11.6 Å². The predicted molar refractivity (Wildman–Crippen MR) is 82.2 cm³/mol. The maximum absolute atomic E-state index is 12.5. The Hall–Kier alpha value is -1.94. The summed E-state index contributed by atoms with van der Waals surface area (Å²) in [5.41, 5.74) is 1.41. The number of pyridine rings is 1. The lowest BCUT2D eigenvalue weighted by molar-refractivity contribution is 0.0608. The summed E-state index contributed by atoms with van der Waals surface area (Å²) in [6.07, 6.45) is 2.01.